The zero-order valence-electron chi connectivity index (χ0n) is 38.3. The number of rotatable bonds is 40. The van der Waals surface area contributed by atoms with E-state index in [4.69, 9.17) is 4.74 Å². The number of esters is 1. The monoisotopic (exact) mass is 830 g/mol. The second-order valence-corrected chi connectivity index (χ2v) is 15.7. The molecule has 0 radical (unpaired) electrons. The number of carbonyl (C=O) groups excluding carboxylic acids is 2. The van der Waals surface area contributed by atoms with Gasteiger partial charge in [-0.15, -0.1) is 0 Å². The Labute approximate surface area is 368 Å². The molecule has 60 heavy (non-hydrogen) atoms. The Kier molecular flexibility index (Phi) is 43.4. The van der Waals surface area contributed by atoms with Gasteiger partial charge in [0.1, 0.15) is 6.10 Å². The van der Waals surface area contributed by atoms with Gasteiger partial charge in [0.2, 0.25) is 5.91 Å². The number of amides is 1. The van der Waals surface area contributed by atoms with Crippen molar-refractivity contribution in [3.8, 4) is 0 Å². The number of hydrogen-bond donors (Lipinski definition) is 3. The summed E-state index contributed by atoms with van der Waals surface area (Å²) in [4.78, 5) is 26.0. The molecule has 6 nitrogen and oxygen atoms in total. The zero-order chi connectivity index (χ0) is 43.8. The highest BCUT2D eigenvalue weighted by Crippen LogP contribution is 2.16. The maximum absolute atomic E-state index is 13.2. The van der Waals surface area contributed by atoms with Crippen LogP contribution in [0, 0.1) is 0 Å². The van der Waals surface area contributed by atoms with Crippen molar-refractivity contribution in [1.82, 2.24) is 5.32 Å². The number of aliphatic hydroxyl groups excluding tert-OH is 2. The van der Waals surface area contributed by atoms with Crippen LogP contribution in [0.4, 0.5) is 0 Å². The summed E-state index contributed by atoms with van der Waals surface area (Å²) in [5, 5.41) is 23.7. The van der Waals surface area contributed by atoms with Crippen molar-refractivity contribution in [2.24, 2.45) is 0 Å². The van der Waals surface area contributed by atoms with Gasteiger partial charge in [-0.3, -0.25) is 9.59 Å². The van der Waals surface area contributed by atoms with Crippen molar-refractivity contribution in [2.75, 3.05) is 6.61 Å². The molecule has 0 aliphatic carbocycles. The molecule has 6 heteroatoms. The van der Waals surface area contributed by atoms with E-state index in [2.05, 4.69) is 56.5 Å². The minimum atomic E-state index is -0.819. The highest BCUT2D eigenvalue weighted by Gasteiger charge is 2.24. The number of hydrogen-bond acceptors (Lipinski definition) is 5. The van der Waals surface area contributed by atoms with Crippen LogP contribution in [-0.4, -0.2) is 46.9 Å². The number of carbonyl (C=O) groups is 2. The molecular formula is C54H87NO5. The second-order valence-electron chi connectivity index (χ2n) is 15.7. The number of nitrogens with one attached hydrogen (secondary N) is 1. The predicted molar refractivity (Wildman–Crippen MR) is 259 cm³/mol. The number of aliphatic hydroxyl groups is 2. The van der Waals surface area contributed by atoms with Crippen molar-refractivity contribution in [2.45, 2.75) is 200 Å². The van der Waals surface area contributed by atoms with Gasteiger partial charge in [-0.05, 0) is 57.8 Å². The van der Waals surface area contributed by atoms with Gasteiger partial charge in [-0.2, -0.15) is 0 Å². The molecular weight excluding hydrogens is 743 g/mol. The van der Waals surface area contributed by atoms with Crippen LogP contribution in [0.5, 0.6) is 0 Å². The van der Waals surface area contributed by atoms with Gasteiger partial charge in [0.15, 0.2) is 0 Å². The Morgan fingerprint density at radius 1 is 0.500 bits per heavy atom. The van der Waals surface area contributed by atoms with Crippen molar-refractivity contribution in [1.29, 1.82) is 0 Å². The first kappa shape index (κ1) is 56.3. The predicted octanol–water partition coefficient (Wildman–Crippen LogP) is 14.1. The van der Waals surface area contributed by atoms with Crippen LogP contribution in [0.25, 0.3) is 0 Å². The molecule has 1 amide bonds. The van der Waals surface area contributed by atoms with Crippen molar-refractivity contribution in [3.63, 3.8) is 0 Å². The first-order valence-electron chi connectivity index (χ1n) is 23.9. The molecule has 0 saturated carbocycles. The molecule has 0 rings (SSSR count). The molecule has 0 aliphatic heterocycles. The molecule has 0 bridgehead atoms. The summed E-state index contributed by atoms with van der Waals surface area (Å²) < 4.78 is 5.86. The Morgan fingerprint density at radius 3 is 1.43 bits per heavy atom. The summed E-state index contributed by atoms with van der Waals surface area (Å²) in [5.41, 5.74) is 0. The van der Waals surface area contributed by atoms with Crippen molar-refractivity contribution >= 4 is 11.9 Å². The molecule has 0 saturated heterocycles. The quantitative estimate of drug-likeness (QED) is 0.0325. The minimum Gasteiger partial charge on any atom is -0.462 e. The molecule has 0 fully saturated rings. The largest absolute Gasteiger partial charge is 0.462 e. The Hall–Kier alpha value is -3.74. The van der Waals surface area contributed by atoms with Crippen molar-refractivity contribution in [3.05, 3.63) is 122 Å². The lowest BCUT2D eigenvalue weighted by Gasteiger charge is -2.24. The lowest BCUT2D eigenvalue weighted by atomic mass is 10.0. The second kappa shape index (κ2) is 46.3. The van der Waals surface area contributed by atoms with Gasteiger partial charge in [-0.25, -0.2) is 0 Å². The molecule has 0 heterocycles. The van der Waals surface area contributed by atoms with E-state index in [1.165, 1.54) is 57.8 Å². The van der Waals surface area contributed by atoms with Gasteiger partial charge < -0.3 is 20.3 Å². The summed E-state index contributed by atoms with van der Waals surface area (Å²) >= 11 is 0. The third-order valence-corrected chi connectivity index (χ3v) is 10.0. The average Bonchev–Trinajstić information content (AvgIpc) is 3.24. The van der Waals surface area contributed by atoms with Crippen LogP contribution < -0.4 is 5.32 Å². The fraction of sp³-hybridized carbons (Fsp3) is 0.593. The van der Waals surface area contributed by atoms with Gasteiger partial charge in [0, 0.05) is 6.42 Å². The molecule has 0 aromatic heterocycles. The van der Waals surface area contributed by atoms with E-state index >= 15 is 0 Å². The highest BCUT2D eigenvalue weighted by molar-refractivity contribution is 5.77. The summed E-state index contributed by atoms with van der Waals surface area (Å²) in [5.74, 6) is -0.619. The molecule has 0 aromatic rings. The SMILES string of the molecule is CC/C=C/C=C/C=C\C=C/C=C/CCCC(=O)OC(CCCCC/C=C/C=C/C=C/C=C/C=C/CCC)CC(=O)NC(CO)C(O)CCCCCCCCCCCCCC. The van der Waals surface area contributed by atoms with Gasteiger partial charge in [0.25, 0.3) is 0 Å². The Bertz CT molecular complexity index is 1300. The number of unbranched alkanes of at least 4 members (excludes halogenated alkanes) is 16. The van der Waals surface area contributed by atoms with Crippen LogP contribution in [0.2, 0.25) is 0 Å². The van der Waals surface area contributed by atoms with E-state index in [1.54, 1.807) is 0 Å². The summed E-state index contributed by atoms with van der Waals surface area (Å²) in [7, 11) is 0. The summed E-state index contributed by atoms with van der Waals surface area (Å²) in [6.45, 7) is 6.19. The molecule has 338 valence electrons. The van der Waals surface area contributed by atoms with Crippen molar-refractivity contribution < 1.29 is 24.5 Å². The average molecular weight is 830 g/mol. The summed E-state index contributed by atoms with van der Waals surface area (Å²) in [6, 6.07) is -0.738. The number of allylic oxidation sites excluding steroid dienone is 20. The fourth-order valence-electron chi connectivity index (χ4n) is 6.43. The van der Waals surface area contributed by atoms with E-state index in [0.717, 1.165) is 70.6 Å². The van der Waals surface area contributed by atoms with E-state index in [-0.39, 0.29) is 31.3 Å². The first-order valence-corrected chi connectivity index (χ1v) is 23.9. The molecule has 3 unspecified atom stereocenters. The maximum atomic E-state index is 13.2. The van der Waals surface area contributed by atoms with Gasteiger partial charge >= 0.3 is 5.97 Å². The van der Waals surface area contributed by atoms with E-state index < -0.39 is 18.2 Å². The van der Waals surface area contributed by atoms with Gasteiger partial charge in [0.05, 0.1) is 25.2 Å². The summed E-state index contributed by atoms with van der Waals surface area (Å²) in [6.07, 6.45) is 63.9. The lowest BCUT2D eigenvalue weighted by molar-refractivity contribution is -0.151. The topological polar surface area (TPSA) is 95.9 Å². The molecule has 0 spiro atoms. The highest BCUT2D eigenvalue weighted by atomic mass is 16.5. The van der Waals surface area contributed by atoms with Gasteiger partial charge in [-0.1, -0.05) is 232 Å². The first-order chi connectivity index (χ1) is 29.5. The smallest absolute Gasteiger partial charge is 0.306 e. The zero-order valence-corrected chi connectivity index (χ0v) is 38.3. The van der Waals surface area contributed by atoms with E-state index in [9.17, 15) is 19.8 Å². The molecule has 3 N–H and O–H groups in total. The lowest BCUT2D eigenvalue weighted by Crippen LogP contribution is -2.46. The van der Waals surface area contributed by atoms with E-state index in [1.807, 2.05) is 91.1 Å². The molecule has 3 atom stereocenters. The number of ether oxygens (including phenoxy) is 1. The Balaban J connectivity index is 4.85. The van der Waals surface area contributed by atoms with Crippen LogP contribution in [0.15, 0.2) is 122 Å². The van der Waals surface area contributed by atoms with E-state index in [0.29, 0.717) is 19.3 Å². The van der Waals surface area contributed by atoms with Crippen LogP contribution in [0.3, 0.4) is 0 Å². The fourth-order valence-corrected chi connectivity index (χ4v) is 6.43. The third kappa shape index (κ3) is 41.0. The minimum absolute atomic E-state index is 0.0122. The maximum Gasteiger partial charge on any atom is 0.306 e. The third-order valence-electron chi connectivity index (χ3n) is 10.0. The Morgan fingerprint density at radius 2 is 0.933 bits per heavy atom. The standard InChI is InChI=1S/C54H87NO5/c1-4-7-10-13-16-19-22-25-26-27-29-30-33-36-39-42-45-50(60-54(59)47-44-41-38-35-32-28-23-20-17-14-11-8-5-2)48-53(58)55-51(49-56)52(57)46-43-40-37-34-31-24-21-18-15-12-9-6-3/h8,10-11,13-14,16-17,19-20,22-23,25-30,32,35,38,50-52,56-57H,4-7,9,12,15,18,21,24,31,33-34,36-37,39-49H2,1-3H3,(H,55,58)/b11-8+,13-10+,17-14+,19-16+,23-20-,25-22+,27-26+,30-29+,32-28-,38-35+. The molecule has 0 aromatic carbocycles. The van der Waals surface area contributed by atoms with Crippen LogP contribution in [0.1, 0.15) is 181 Å². The van der Waals surface area contributed by atoms with Crippen LogP contribution in [-0.2, 0) is 14.3 Å². The normalized spacial score (nSPS) is 14.4. The van der Waals surface area contributed by atoms with Crippen LogP contribution >= 0.6 is 0 Å². The molecule has 0 aliphatic rings.